The number of hydrogen-bond donors (Lipinski definition) is 0. The van der Waals surface area contributed by atoms with E-state index in [1.807, 2.05) is 0 Å². The molecule has 0 aromatic heterocycles. The first-order valence-electron chi connectivity index (χ1n) is 3.57. The Hall–Kier alpha value is 1.08. The lowest BCUT2D eigenvalue weighted by Crippen LogP contribution is -1.90. The standard InChI is InChI=1S/C7H15IS/c1-3-5-6-7(8)9-4-2/h7H,3-6H2,1-2H3. The Bertz CT molecular complexity index is 56.9. The molecular weight excluding hydrogens is 243 g/mol. The van der Waals surface area contributed by atoms with Gasteiger partial charge in [-0.2, -0.15) is 0 Å². The molecule has 0 N–H and O–H groups in total. The maximum Gasteiger partial charge on any atom is 0.0564 e. The summed E-state index contributed by atoms with van der Waals surface area (Å²) in [6, 6.07) is 0. The van der Waals surface area contributed by atoms with Crippen LogP contribution in [0.25, 0.3) is 0 Å². The Kier molecular flexibility index (Phi) is 8.05. The molecule has 56 valence electrons. The number of unbranched alkanes of at least 4 members (excludes halogenated alkanes) is 1. The zero-order valence-corrected chi connectivity index (χ0v) is 9.17. The van der Waals surface area contributed by atoms with Crippen LogP contribution in [0.2, 0.25) is 0 Å². The van der Waals surface area contributed by atoms with Crippen molar-refractivity contribution in [2.75, 3.05) is 5.75 Å². The van der Waals surface area contributed by atoms with E-state index in [-0.39, 0.29) is 0 Å². The van der Waals surface area contributed by atoms with Crippen molar-refractivity contribution in [3.63, 3.8) is 0 Å². The SMILES string of the molecule is CCCCC(I)SCC. The van der Waals surface area contributed by atoms with Crippen molar-refractivity contribution in [2.45, 2.75) is 36.4 Å². The summed E-state index contributed by atoms with van der Waals surface area (Å²) in [5.41, 5.74) is 0. The van der Waals surface area contributed by atoms with Crippen molar-refractivity contribution < 1.29 is 0 Å². The van der Waals surface area contributed by atoms with Crippen LogP contribution in [0.1, 0.15) is 33.1 Å². The van der Waals surface area contributed by atoms with Crippen LogP contribution in [0.15, 0.2) is 0 Å². The van der Waals surface area contributed by atoms with E-state index in [0.717, 1.165) is 3.26 Å². The van der Waals surface area contributed by atoms with Gasteiger partial charge < -0.3 is 0 Å². The second-order valence-electron chi connectivity index (χ2n) is 2.01. The van der Waals surface area contributed by atoms with Gasteiger partial charge in [-0.1, -0.05) is 49.3 Å². The lowest BCUT2D eigenvalue weighted by Gasteiger charge is -2.05. The highest BCUT2D eigenvalue weighted by molar-refractivity contribution is 14.1. The minimum atomic E-state index is 0.854. The van der Waals surface area contributed by atoms with Crippen molar-refractivity contribution in [3.05, 3.63) is 0 Å². The molecular formula is C7H15IS. The van der Waals surface area contributed by atoms with E-state index in [1.54, 1.807) is 0 Å². The highest BCUT2D eigenvalue weighted by atomic mass is 127. The van der Waals surface area contributed by atoms with Gasteiger partial charge in [-0.05, 0) is 12.2 Å². The molecule has 0 aliphatic carbocycles. The molecule has 0 aliphatic heterocycles. The number of hydrogen-bond acceptors (Lipinski definition) is 1. The predicted molar refractivity (Wildman–Crippen MR) is 55.5 cm³/mol. The molecule has 0 aliphatic rings. The van der Waals surface area contributed by atoms with Crippen LogP contribution < -0.4 is 0 Å². The number of halogens is 1. The largest absolute Gasteiger partial charge is 0.148 e. The van der Waals surface area contributed by atoms with E-state index in [1.165, 1.54) is 25.0 Å². The molecule has 2 heteroatoms. The summed E-state index contributed by atoms with van der Waals surface area (Å²) in [6.45, 7) is 4.47. The van der Waals surface area contributed by atoms with Gasteiger partial charge in [-0.3, -0.25) is 0 Å². The van der Waals surface area contributed by atoms with Crippen molar-refractivity contribution in [2.24, 2.45) is 0 Å². The molecule has 0 nitrogen and oxygen atoms in total. The third kappa shape index (κ3) is 6.97. The van der Waals surface area contributed by atoms with Crippen LogP contribution in [0.4, 0.5) is 0 Å². The lowest BCUT2D eigenvalue weighted by atomic mass is 10.3. The fourth-order valence-corrected chi connectivity index (χ4v) is 2.84. The first kappa shape index (κ1) is 10.1. The summed E-state index contributed by atoms with van der Waals surface area (Å²) in [7, 11) is 0. The topological polar surface area (TPSA) is 0 Å². The Morgan fingerprint density at radius 3 is 2.56 bits per heavy atom. The van der Waals surface area contributed by atoms with Crippen molar-refractivity contribution >= 4 is 34.4 Å². The zero-order chi connectivity index (χ0) is 7.11. The van der Waals surface area contributed by atoms with Crippen LogP contribution >= 0.6 is 34.4 Å². The molecule has 0 radical (unpaired) electrons. The number of rotatable bonds is 5. The summed E-state index contributed by atoms with van der Waals surface area (Å²) in [4.78, 5) is 0. The summed E-state index contributed by atoms with van der Waals surface area (Å²) in [5, 5.41) is 0. The van der Waals surface area contributed by atoms with Gasteiger partial charge in [0.1, 0.15) is 0 Å². The average molecular weight is 258 g/mol. The van der Waals surface area contributed by atoms with E-state index in [0.29, 0.717) is 0 Å². The van der Waals surface area contributed by atoms with E-state index >= 15 is 0 Å². The van der Waals surface area contributed by atoms with Crippen LogP contribution in [-0.4, -0.2) is 9.01 Å². The van der Waals surface area contributed by atoms with Gasteiger partial charge in [0.25, 0.3) is 0 Å². The first-order chi connectivity index (χ1) is 4.31. The molecule has 0 spiro atoms. The summed E-state index contributed by atoms with van der Waals surface area (Å²) in [6.07, 6.45) is 4.11. The lowest BCUT2D eigenvalue weighted by molar-refractivity contribution is 0.771. The average Bonchev–Trinajstić information content (AvgIpc) is 1.85. The molecule has 0 saturated carbocycles. The summed E-state index contributed by atoms with van der Waals surface area (Å²) >= 11 is 4.59. The Morgan fingerprint density at radius 1 is 1.44 bits per heavy atom. The van der Waals surface area contributed by atoms with Gasteiger partial charge in [0.05, 0.1) is 3.26 Å². The molecule has 0 aromatic rings. The third-order valence-corrected chi connectivity index (χ3v) is 3.76. The minimum absolute atomic E-state index is 0.854. The number of alkyl halides is 1. The molecule has 0 saturated heterocycles. The highest BCUT2D eigenvalue weighted by Gasteiger charge is 1.99. The van der Waals surface area contributed by atoms with Crippen LogP contribution in [-0.2, 0) is 0 Å². The van der Waals surface area contributed by atoms with E-state index < -0.39 is 0 Å². The molecule has 1 unspecified atom stereocenters. The second kappa shape index (κ2) is 7.19. The van der Waals surface area contributed by atoms with Crippen LogP contribution in [0.5, 0.6) is 0 Å². The Labute approximate surface area is 76.3 Å². The van der Waals surface area contributed by atoms with Crippen molar-refractivity contribution in [3.8, 4) is 0 Å². The van der Waals surface area contributed by atoms with Gasteiger partial charge >= 0.3 is 0 Å². The summed E-state index contributed by atoms with van der Waals surface area (Å²) in [5.74, 6) is 1.26. The molecule has 0 bridgehead atoms. The molecule has 1 atom stereocenters. The first-order valence-corrected chi connectivity index (χ1v) is 5.86. The van der Waals surface area contributed by atoms with Gasteiger partial charge in [0, 0.05) is 0 Å². The monoisotopic (exact) mass is 258 g/mol. The smallest absolute Gasteiger partial charge is 0.0564 e. The molecule has 0 aromatic carbocycles. The zero-order valence-electron chi connectivity index (χ0n) is 6.19. The van der Waals surface area contributed by atoms with Crippen molar-refractivity contribution in [1.29, 1.82) is 0 Å². The fraction of sp³-hybridized carbons (Fsp3) is 1.00. The Balaban J connectivity index is 2.95. The van der Waals surface area contributed by atoms with Gasteiger partial charge in [-0.25, -0.2) is 0 Å². The van der Waals surface area contributed by atoms with Crippen LogP contribution in [0, 0.1) is 0 Å². The fourth-order valence-electron chi connectivity index (χ4n) is 0.629. The summed E-state index contributed by atoms with van der Waals surface area (Å²) < 4.78 is 0.854. The quantitative estimate of drug-likeness (QED) is 0.535. The van der Waals surface area contributed by atoms with E-state index in [9.17, 15) is 0 Å². The molecule has 9 heavy (non-hydrogen) atoms. The molecule has 0 amide bonds. The van der Waals surface area contributed by atoms with Gasteiger partial charge in [-0.15, -0.1) is 11.8 Å². The second-order valence-corrected chi connectivity index (χ2v) is 5.84. The van der Waals surface area contributed by atoms with Gasteiger partial charge in [0.2, 0.25) is 0 Å². The third-order valence-electron chi connectivity index (χ3n) is 1.13. The Morgan fingerprint density at radius 2 is 2.11 bits per heavy atom. The van der Waals surface area contributed by atoms with Gasteiger partial charge in [0.15, 0.2) is 0 Å². The molecule has 0 fully saturated rings. The normalized spacial score (nSPS) is 13.7. The van der Waals surface area contributed by atoms with E-state index in [4.69, 9.17) is 0 Å². The maximum absolute atomic E-state index is 2.53. The highest BCUT2D eigenvalue weighted by Crippen LogP contribution is 2.22. The molecule has 0 heterocycles. The number of thioether (sulfide) groups is 1. The van der Waals surface area contributed by atoms with E-state index in [2.05, 4.69) is 48.2 Å². The minimum Gasteiger partial charge on any atom is -0.148 e. The maximum atomic E-state index is 2.53. The predicted octanol–water partition coefficient (Wildman–Crippen LogP) is 3.69. The molecule has 0 rings (SSSR count). The van der Waals surface area contributed by atoms with Crippen molar-refractivity contribution in [1.82, 2.24) is 0 Å². The van der Waals surface area contributed by atoms with Crippen LogP contribution in [0.3, 0.4) is 0 Å².